The van der Waals surface area contributed by atoms with Crippen LogP contribution in [0.25, 0.3) is 0 Å². The number of hydrogen-bond acceptors (Lipinski definition) is 2. The third-order valence-electron chi connectivity index (χ3n) is 6.14. The molecule has 2 nitrogen and oxygen atoms in total. The zero-order chi connectivity index (χ0) is 18.8. The van der Waals surface area contributed by atoms with Crippen LogP contribution in [-0.4, -0.2) is 22.9 Å². The minimum absolute atomic E-state index is 0.0155. The molecule has 144 valence electrons. The fourth-order valence-electron chi connectivity index (χ4n) is 3.63. The van der Waals surface area contributed by atoms with Crippen LogP contribution in [0.5, 0.6) is 0 Å². The molecule has 1 aromatic carbocycles. The second-order valence-corrected chi connectivity index (χ2v) is 16.6. The Morgan fingerprint density at radius 1 is 0.680 bits per heavy atom. The Hall–Kier alpha value is -0.426. The van der Waals surface area contributed by atoms with E-state index >= 15 is 0 Å². The van der Waals surface area contributed by atoms with Gasteiger partial charge in [0, 0.05) is 6.42 Å². The largest absolute Gasteiger partial charge is 0.393 e. The number of hydrogen-bond donors (Lipinski definition) is 0. The van der Waals surface area contributed by atoms with Crippen LogP contribution < -0.4 is 0 Å². The normalized spacial score (nSPS) is 12.8. The maximum Gasteiger partial charge on any atom is 0.195 e. The highest BCUT2D eigenvalue weighted by Crippen LogP contribution is 2.30. The molecule has 0 spiro atoms. The fourth-order valence-corrected chi connectivity index (χ4v) is 9.17. The predicted octanol–water partition coefficient (Wildman–Crippen LogP) is 6.99. The molecule has 1 aromatic rings. The molecule has 0 fully saturated rings. The lowest BCUT2D eigenvalue weighted by atomic mass is 10.1. The molecule has 0 amide bonds. The van der Waals surface area contributed by atoms with E-state index in [4.69, 9.17) is 8.85 Å². The van der Waals surface area contributed by atoms with Crippen molar-refractivity contribution < 1.29 is 8.85 Å². The van der Waals surface area contributed by atoms with Gasteiger partial charge in [-0.05, 0) is 48.2 Å². The highest BCUT2D eigenvalue weighted by Gasteiger charge is 2.37. The lowest BCUT2D eigenvalue weighted by Crippen LogP contribution is -2.47. The molecule has 0 atom stereocenters. The van der Waals surface area contributed by atoms with Gasteiger partial charge in [0.2, 0.25) is 0 Å². The van der Waals surface area contributed by atoms with E-state index in [2.05, 4.69) is 71.9 Å². The lowest BCUT2D eigenvalue weighted by molar-refractivity contribution is -0.0190. The highest BCUT2D eigenvalue weighted by atomic mass is 28.4. The molecule has 0 radical (unpaired) electrons. The van der Waals surface area contributed by atoms with E-state index in [1.807, 2.05) is 0 Å². The molecule has 0 aliphatic carbocycles. The van der Waals surface area contributed by atoms with Gasteiger partial charge in [-0.3, -0.25) is 0 Å². The van der Waals surface area contributed by atoms with E-state index in [0.29, 0.717) is 0 Å². The summed E-state index contributed by atoms with van der Waals surface area (Å²) in [6.45, 7) is 13.8. The average molecular weight is 381 g/mol. The predicted molar refractivity (Wildman–Crippen MR) is 115 cm³/mol. The molecule has 4 heteroatoms. The molecule has 0 aliphatic heterocycles. The third-order valence-corrected chi connectivity index (χ3v) is 15.4. The second-order valence-electron chi connectivity index (χ2n) is 7.18. The van der Waals surface area contributed by atoms with Crippen molar-refractivity contribution in [2.75, 3.05) is 0 Å². The van der Waals surface area contributed by atoms with E-state index in [1.54, 1.807) is 0 Å². The summed E-state index contributed by atoms with van der Waals surface area (Å²) in [6, 6.07) is 17.9. The fraction of sp³-hybridized carbons (Fsp3) is 0.714. The molecular formula is C21H40O2Si2. The van der Waals surface area contributed by atoms with Gasteiger partial charge in [0.15, 0.2) is 16.6 Å². The maximum absolute atomic E-state index is 6.82. The monoisotopic (exact) mass is 380 g/mol. The van der Waals surface area contributed by atoms with Crippen LogP contribution in [0, 0.1) is 0 Å². The van der Waals surface area contributed by atoms with Crippen molar-refractivity contribution in [3.63, 3.8) is 0 Å². The van der Waals surface area contributed by atoms with Gasteiger partial charge in [-0.25, -0.2) is 0 Å². The third kappa shape index (κ3) is 6.66. The Balaban J connectivity index is 2.92. The number of rotatable bonds is 13. The summed E-state index contributed by atoms with van der Waals surface area (Å²) in [4.78, 5) is 0. The first-order chi connectivity index (χ1) is 12.0. The molecule has 0 N–H and O–H groups in total. The first kappa shape index (κ1) is 22.6. The van der Waals surface area contributed by atoms with Gasteiger partial charge >= 0.3 is 0 Å². The first-order valence-electron chi connectivity index (χ1n) is 10.4. The van der Waals surface area contributed by atoms with Crippen LogP contribution in [0.3, 0.4) is 0 Å². The number of benzene rings is 1. The van der Waals surface area contributed by atoms with Gasteiger partial charge in [-0.1, -0.05) is 71.9 Å². The summed E-state index contributed by atoms with van der Waals surface area (Å²) in [6.07, 6.45) is 2.00. The van der Waals surface area contributed by atoms with Crippen LogP contribution in [0.2, 0.25) is 36.3 Å². The van der Waals surface area contributed by atoms with Gasteiger partial charge in [0.05, 0.1) is 0 Å². The van der Waals surface area contributed by atoms with Crippen molar-refractivity contribution in [1.82, 2.24) is 0 Å². The Kier molecular flexibility index (Phi) is 10.2. The van der Waals surface area contributed by atoms with E-state index in [0.717, 1.165) is 12.8 Å². The molecule has 0 aliphatic rings. The second kappa shape index (κ2) is 11.3. The molecule has 0 aromatic heterocycles. The summed E-state index contributed by atoms with van der Waals surface area (Å²) in [5, 5.41) is 0. The van der Waals surface area contributed by atoms with Gasteiger partial charge in [-0.15, -0.1) is 0 Å². The lowest BCUT2D eigenvalue weighted by Gasteiger charge is -2.39. The van der Waals surface area contributed by atoms with Crippen LogP contribution in [0.15, 0.2) is 30.3 Å². The zero-order valence-corrected chi connectivity index (χ0v) is 19.4. The molecule has 0 bridgehead atoms. The summed E-state index contributed by atoms with van der Waals surface area (Å²) in [7, 11) is -3.32. The minimum atomic E-state index is -1.66. The van der Waals surface area contributed by atoms with Crippen molar-refractivity contribution in [2.24, 2.45) is 0 Å². The molecular weight excluding hydrogens is 340 g/mol. The maximum atomic E-state index is 6.82. The van der Waals surface area contributed by atoms with Crippen molar-refractivity contribution >= 4 is 16.6 Å². The Morgan fingerprint density at radius 2 is 1.08 bits per heavy atom. The molecule has 0 saturated carbocycles. The quantitative estimate of drug-likeness (QED) is 0.271. The highest BCUT2D eigenvalue weighted by molar-refractivity contribution is 6.74. The van der Waals surface area contributed by atoms with Gasteiger partial charge in [-0.2, -0.15) is 0 Å². The number of aryl methyl sites for hydroxylation is 1. The van der Waals surface area contributed by atoms with Crippen LogP contribution in [0.1, 0.15) is 53.5 Å². The smallest absolute Gasteiger partial charge is 0.195 e. The molecule has 25 heavy (non-hydrogen) atoms. The molecule has 0 saturated heterocycles. The van der Waals surface area contributed by atoms with Crippen molar-refractivity contribution in [3.05, 3.63) is 35.9 Å². The van der Waals surface area contributed by atoms with Crippen molar-refractivity contribution in [3.8, 4) is 0 Å². The van der Waals surface area contributed by atoms with E-state index in [9.17, 15) is 0 Å². The van der Waals surface area contributed by atoms with Crippen molar-refractivity contribution in [2.45, 2.75) is 96.9 Å². The molecule has 1 rings (SSSR count). The van der Waals surface area contributed by atoms with Gasteiger partial charge in [0.1, 0.15) is 6.29 Å². The summed E-state index contributed by atoms with van der Waals surface area (Å²) >= 11 is 0. The summed E-state index contributed by atoms with van der Waals surface area (Å²) in [5.74, 6) is 0. The average Bonchev–Trinajstić information content (AvgIpc) is 2.69. The Labute approximate surface area is 158 Å². The minimum Gasteiger partial charge on any atom is -0.393 e. The zero-order valence-electron chi connectivity index (χ0n) is 17.4. The molecule has 0 unspecified atom stereocenters. The molecule has 0 heterocycles. The van der Waals surface area contributed by atoms with E-state index in [1.165, 1.54) is 41.8 Å². The van der Waals surface area contributed by atoms with Gasteiger partial charge in [0.25, 0.3) is 0 Å². The SMILES string of the molecule is CC[Si](CC)(CC)OC(CCc1ccccc1)O[Si](CC)(CC)CC. The van der Waals surface area contributed by atoms with E-state index in [-0.39, 0.29) is 6.29 Å². The standard InChI is InChI=1S/C21H40O2Si2/c1-7-24(8-2,9-3)22-21(23-25(10-4,11-5)12-6)19-18-20-16-14-13-15-17-20/h13-17,21H,7-12,18-19H2,1-6H3. The van der Waals surface area contributed by atoms with Crippen LogP contribution in [-0.2, 0) is 15.3 Å². The van der Waals surface area contributed by atoms with Gasteiger partial charge < -0.3 is 8.85 Å². The topological polar surface area (TPSA) is 18.5 Å². The summed E-state index contributed by atoms with van der Waals surface area (Å²) in [5.41, 5.74) is 1.38. The Bertz CT molecular complexity index is 418. The van der Waals surface area contributed by atoms with E-state index < -0.39 is 16.6 Å². The first-order valence-corrected chi connectivity index (χ1v) is 15.5. The van der Waals surface area contributed by atoms with Crippen molar-refractivity contribution in [1.29, 1.82) is 0 Å². The van der Waals surface area contributed by atoms with Crippen LogP contribution >= 0.6 is 0 Å². The summed E-state index contributed by atoms with van der Waals surface area (Å²) < 4.78 is 13.6. The van der Waals surface area contributed by atoms with Crippen LogP contribution in [0.4, 0.5) is 0 Å². The Morgan fingerprint density at radius 3 is 1.44 bits per heavy atom.